The number of thiazole rings is 1. The van der Waals surface area contributed by atoms with E-state index in [0.29, 0.717) is 24.3 Å². The van der Waals surface area contributed by atoms with Gasteiger partial charge in [0.25, 0.3) is 0 Å². The summed E-state index contributed by atoms with van der Waals surface area (Å²) < 4.78 is 9.10. The first-order chi connectivity index (χ1) is 11.0. The van der Waals surface area contributed by atoms with E-state index >= 15 is 0 Å². The highest BCUT2D eigenvalue weighted by Gasteiger charge is 2.34. The molecule has 0 saturated heterocycles. The molecule has 3 atom stereocenters. The Morgan fingerprint density at radius 3 is 2.83 bits per heavy atom. The number of carbonyl (C=O) groups is 1. The number of halogens is 1. The van der Waals surface area contributed by atoms with E-state index in [1.54, 1.807) is 11.3 Å². The quantitative estimate of drug-likeness (QED) is 0.600. The number of benzene rings is 1. The lowest BCUT2D eigenvalue weighted by molar-refractivity contribution is -0.656. The van der Waals surface area contributed by atoms with Gasteiger partial charge in [-0.25, -0.2) is 4.79 Å². The molecule has 2 aromatic rings. The van der Waals surface area contributed by atoms with Crippen molar-refractivity contribution in [2.75, 3.05) is 0 Å². The van der Waals surface area contributed by atoms with Crippen molar-refractivity contribution in [2.45, 2.75) is 52.7 Å². The molecular formula is C19H26ClNO2S. The van der Waals surface area contributed by atoms with Gasteiger partial charge in [-0.3, -0.25) is 0 Å². The van der Waals surface area contributed by atoms with Gasteiger partial charge in [0.1, 0.15) is 10.8 Å². The van der Waals surface area contributed by atoms with E-state index in [4.69, 9.17) is 4.74 Å². The Balaban J connectivity index is 0.00000208. The monoisotopic (exact) mass is 367 g/mol. The topological polar surface area (TPSA) is 30.2 Å². The molecule has 1 fully saturated rings. The number of hydrogen-bond acceptors (Lipinski definition) is 3. The molecule has 1 aliphatic carbocycles. The summed E-state index contributed by atoms with van der Waals surface area (Å²) in [5.41, 5.74) is 3.11. The summed E-state index contributed by atoms with van der Waals surface area (Å²) in [6.45, 7) is 7.05. The lowest BCUT2D eigenvalue weighted by atomic mass is 9.75. The number of aromatic nitrogens is 1. The lowest BCUT2D eigenvalue weighted by Crippen LogP contribution is -3.00. The third-order valence-corrected chi connectivity index (χ3v) is 5.98. The van der Waals surface area contributed by atoms with Crippen LogP contribution in [-0.4, -0.2) is 12.1 Å². The van der Waals surface area contributed by atoms with Crippen molar-refractivity contribution in [3.05, 3.63) is 29.8 Å². The fourth-order valence-corrected chi connectivity index (χ4v) is 4.58. The number of fused-ring (bicyclic) bond motifs is 1. The molecule has 1 heterocycles. The van der Waals surface area contributed by atoms with E-state index in [-0.39, 0.29) is 24.5 Å². The van der Waals surface area contributed by atoms with Gasteiger partial charge < -0.3 is 17.1 Å². The van der Waals surface area contributed by atoms with E-state index < -0.39 is 0 Å². The molecule has 0 bridgehead atoms. The molecule has 5 heteroatoms. The van der Waals surface area contributed by atoms with Crippen LogP contribution < -0.4 is 17.0 Å². The van der Waals surface area contributed by atoms with Crippen LogP contribution >= 0.6 is 11.3 Å². The minimum atomic E-state index is -0.108. The van der Waals surface area contributed by atoms with Crippen LogP contribution in [0, 0.1) is 17.8 Å². The summed E-state index contributed by atoms with van der Waals surface area (Å²) in [5.74, 6) is 1.61. The Bertz CT molecular complexity index is 685. The average Bonchev–Trinajstić information content (AvgIpc) is 2.90. The predicted molar refractivity (Wildman–Crippen MR) is 93.2 cm³/mol. The summed E-state index contributed by atoms with van der Waals surface area (Å²) in [5, 5.41) is 0. The number of esters is 1. The fraction of sp³-hybridized carbons (Fsp3) is 0.579. The number of rotatable bonds is 4. The second-order valence-corrected chi connectivity index (χ2v) is 8.06. The number of ether oxygens (including phenoxy) is 1. The van der Waals surface area contributed by atoms with E-state index in [0.717, 1.165) is 11.9 Å². The van der Waals surface area contributed by atoms with Crippen molar-refractivity contribution in [3.63, 3.8) is 0 Å². The van der Waals surface area contributed by atoms with Gasteiger partial charge >= 0.3 is 5.97 Å². The first kappa shape index (κ1) is 19.2. The van der Waals surface area contributed by atoms with Crippen LogP contribution in [0.2, 0.25) is 0 Å². The minimum absolute atomic E-state index is 0. The maximum atomic E-state index is 12.5. The van der Waals surface area contributed by atoms with Crippen LogP contribution in [0.1, 0.15) is 40.0 Å². The highest BCUT2D eigenvalue weighted by molar-refractivity contribution is 7.16. The lowest BCUT2D eigenvalue weighted by Gasteiger charge is -2.36. The molecule has 3 nitrogen and oxygen atoms in total. The molecule has 1 aromatic carbocycles. The molecule has 24 heavy (non-hydrogen) atoms. The number of para-hydroxylation sites is 1. The van der Waals surface area contributed by atoms with Crippen LogP contribution in [0.25, 0.3) is 10.2 Å². The van der Waals surface area contributed by atoms with Crippen molar-refractivity contribution in [2.24, 2.45) is 17.8 Å². The van der Waals surface area contributed by atoms with Crippen LogP contribution in [0.5, 0.6) is 0 Å². The van der Waals surface area contributed by atoms with Crippen LogP contribution in [0.4, 0.5) is 0 Å². The average molecular weight is 368 g/mol. The van der Waals surface area contributed by atoms with E-state index in [1.165, 1.54) is 17.5 Å². The van der Waals surface area contributed by atoms with Gasteiger partial charge in [-0.15, -0.1) is 0 Å². The molecule has 0 aliphatic heterocycles. The van der Waals surface area contributed by atoms with Gasteiger partial charge in [-0.2, -0.15) is 4.57 Å². The molecule has 0 amide bonds. The van der Waals surface area contributed by atoms with E-state index in [1.807, 2.05) is 22.2 Å². The summed E-state index contributed by atoms with van der Waals surface area (Å²) in [6.07, 6.45) is 3.51. The highest BCUT2D eigenvalue weighted by atomic mass is 35.5. The highest BCUT2D eigenvalue weighted by Crippen LogP contribution is 2.35. The number of carbonyl (C=O) groups excluding carboxylic acids is 1. The van der Waals surface area contributed by atoms with Crippen LogP contribution in [0.15, 0.2) is 29.8 Å². The van der Waals surface area contributed by atoms with Gasteiger partial charge in [0, 0.05) is 6.07 Å². The van der Waals surface area contributed by atoms with Gasteiger partial charge in [0.05, 0.1) is 0 Å². The SMILES string of the molecule is CC1CCC(C(C)C)C(OC(=O)C[n+]2csc3ccccc32)C1.[Cl-]. The molecule has 3 rings (SSSR count). The third kappa shape index (κ3) is 4.28. The molecular weight excluding hydrogens is 342 g/mol. The third-order valence-electron chi connectivity index (χ3n) is 5.03. The first-order valence-corrected chi connectivity index (χ1v) is 9.47. The van der Waals surface area contributed by atoms with E-state index in [2.05, 4.69) is 32.9 Å². The standard InChI is InChI=1S/C19H26NO2S.ClH/c1-13(2)15-9-8-14(3)10-17(15)22-19(21)11-20-12-23-18-7-5-4-6-16(18)20;/h4-7,12-15,17H,8-11H2,1-3H3;1H/q+1;/p-1. The van der Waals surface area contributed by atoms with Crippen molar-refractivity contribution in [1.82, 2.24) is 0 Å². The summed E-state index contributed by atoms with van der Waals surface area (Å²) >= 11 is 1.66. The second kappa shape index (κ2) is 8.30. The summed E-state index contributed by atoms with van der Waals surface area (Å²) in [4.78, 5) is 12.5. The maximum Gasteiger partial charge on any atom is 0.373 e. The Labute approximate surface area is 154 Å². The van der Waals surface area contributed by atoms with Crippen molar-refractivity contribution in [1.29, 1.82) is 0 Å². The molecule has 1 aromatic heterocycles. The Morgan fingerprint density at radius 2 is 2.08 bits per heavy atom. The first-order valence-electron chi connectivity index (χ1n) is 8.59. The molecule has 0 spiro atoms. The zero-order valence-corrected chi connectivity index (χ0v) is 16.1. The zero-order valence-electron chi connectivity index (χ0n) is 14.6. The van der Waals surface area contributed by atoms with Crippen LogP contribution in [-0.2, 0) is 16.1 Å². The fourth-order valence-electron chi connectivity index (χ4n) is 3.69. The molecule has 3 unspecified atom stereocenters. The van der Waals surface area contributed by atoms with Crippen LogP contribution in [0.3, 0.4) is 0 Å². The predicted octanol–water partition coefficient (Wildman–Crippen LogP) is 1.20. The Hall–Kier alpha value is -1.13. The van der Waals surface area contributed by atoms with Gasteiger partial charge in [0.2, 0.25) is 17.6 Å². The summed E-state index contributed by atoms with van der Waals surface area (Å²) in [6, 6.07) is 8.17. The maximum absolute atomic E-state index is 12.5. The zero-order chi connectivity index (χ0) is 16.4. The largest absolute Gasteiger partial charge is 1.00 e. The molecule has 132 valence electrons. The van der Waals surface area contributed by atoms with Crippen molar-refractivity contribution in [3.8, 4) is 0 Å². The second-order valence-electron chi connectivity index (χ2n) is 7.17. The molecule has 0 radical (unpaired) electrons. The minimum Gasteiger partial charge on any atom is -1.00 e. The molecule has 0 N–H and O–H groups in total. The smallest absolute Gasteiger partial charge is 0.373 e. The Kier molecular flexibility index (Phi) is 6.64. The summed E-state index contributed by atoms with van der Waals surface area (Å²) in [7, 11) is 0. The van der Waals surface area contributed by atoms with Gasteiger partial charge in [-0.05, 0) is 36.7 Å². The van der Waals surface area contributed by atoms with Crippen molar-refractivity contribution < 1.29 is 26.5 Å². The molecule has 1 aliphatic rings. The van der Waals surface area contributed by atoms with Crippen molar-refractivity contribution >= 4 is 27.5 Å². The van der Waals surface area contributed by atoms with Gasteiger partial charge in [-0.1, -0.05) is 50.7 Å². The Morgan fingerprint density at radius 1 is 1.33 bits per heavy atom. The van der Waals surface area contributed by atoms with E-state index in [9.17, 15) is 4.79 Å². The normalized spacial score (nSPS) is 23.9. The van der Waals surface area contributed by atoms with Gasteiger partial charge in [0.15, 0.2) is 0 Å². The molecule has 1 saturated carbocycles. The number of nitrogens with zero attached hydrogens (tertiary/aromatic N) is 1. The number of hydrogen-bond donors (Lipinski definition) is 0.